The molecule has 1 atom stereocenters. The average molecular weight is 304 g/mol. The molecule has 5 N–H and O–H groups in total. The standard InChI is InChI=1S/C10H16N4O5S/c1-4(2)6(9(11)15)14-20(18,19)8-5(3)12-13-7(8)10(16)17/h4,6,14H,1-3H3,(H2,11,15)(H,12,13)(H,16,17). The van der Waals surface area contributed by atoms with E-state index in [-0.39, 0.29) is 11.6 Å². The van der Waals surface area contributed by atoms with Gasteiger partial charge in [-0.25, -0.2) is 13.2 Å². The third-order valence-electron chi connectivity index (χ3n) is 2.62. The Morgan fingerprint density at radius 2 is 1.95 bits per heavy atom. The number of nitrogens with one attached hydrogen (secondary N) is 2. The molecular formula is C10H16N4O5S. The van der Waals surface area contributed by atoms with Crippen LogP contribution in [0.3, 0.4) is 0 Å². The molecule has 1 aromatic heterocycles. The van der Waals surface area contributed by atoms with Crippen molar-refractivity contribution < 1.29 is 23.1 Å². The Balaban J connectivity index is 3.28. The number of carbonyl (C=O) groups is 2. The number of primary amides is 1. The smallest absolute Gasteiger partial charge is 0.357 e. The van der Waals surface area contributed by atoms with Crippen LogP contribution in [-0.4, -0.2) is 41.6 Å². The molecule has 20 heavy (non-hydrogen) atoms. The lowest BCUT2D eigenvalue weighted by Gasteiger charge is -2.18. The molecule has 112 valence electrons. The lowest BCUT2D eigenvalue weighted by Crippen LogP contribution is -2.47. The van der Waals surface area contributed by atoms with Crippen LogP contribution in [0.5, 0.6) is 0 Å². The molecule has 10 heteroatoms. The van der Waals surface area contributed by atoms with Crippen LogP contribution >= 0.6 is 0 Å². The molecule has 1 amide bonds. The summed E-state index contributed by atoms with van der Waals surface area (Å²) in [4.78, 5) is 21.7. The van der Waals surface area contributed by atoms with Crippen LogP contribution in [-0.2, 0) is 14.8 Å². The molecular weight excluding hydrogens is 288 g/mol. The third-order valence-corrected chi connectivity index (χ3v) is 4.22. The molecule has 0 saturated carbocycles. The van der Waals surface area contributed by atoms with E-state index in [1.165, 1.54) is 6.92 Å². The minimum Gasteiger partial charge on any atom is -0.476 e. The number of H-pyrrole nitrogens is 1. The van der Waals surface area contributed by atoms with Crippen LogP contribution in [0.1, 0.15) is 30.0 Å². The number of sulfonamides is 1. The molecule has 1 rings (SSSR count). The van der Waals surface area contributed by atoms with Crippen molar-refractivity contribution >= 4 is 21.9 Å². The molecule has 1 unspecified atom stereocenters. The summed E-state index contributed by atoms with van der Waals surface area (Å²) >= 11 is 0. The Bertz CT molecular complexity index is 634. The Morgan fingerprint density at radius 1 is 1.40 bits per heavy atom. The van der Waals surface area contributed by atoms with Gasteiger partial charge in [0.15, 0.2) is 5.69 Å². The van der Waals surface area contributed by atoms with Crippen molar-refractivity contribution in [3.05, 3.63) is 11.4 Å². The fraction of sp³-hybridized carbons (Fsp3) is 0.500. The predicted octanol–water partition coefficient (Wildman–Crippen LogP) is -0.795. The zero-order valence-corrected chi connectivity index (χ0v) is 12.0. The van der Waals surface area contributed by atoms with Crippen LogP contribution < -0.4 is 10.5 Å². The molecule has 0 aromatic carbocycles. The monoisotopic (exact) mass is 304 g/mol. The van der Waals surface area contributed by atoms with E-state index in [4.69, 9.17) is 10.8 Å². The van der Waals surface area contributed by atoms with Crippen LogP contribution in [0.15, 0.2) is 4.90 Å². The number of nitrogens with two attached hydrogens (primary N) is 1. The number of carboxylic acids is 1. The van der Waals surface area contributed by atoms with Gasteiger partial charge < -0.3 is 10.8 Å². The number of aromatic amines is 1. The van der Waals surface area contributed by atoms with E-state index in [1.807, 2.05) is 0 Å². The summed E-state index contributed by atoms with van der Waals surface area (Å²) in [6.45, 7) is 4.58. The van der Waals surface area contributed by atoms with Gasteiger partial charge in [-0.1, -0.05) is 13.8 Å². The normalized spacial score (nSPS) is 13.4. The molecule has 0 aliphatic heterocycles. The number of aryl methyl sites for hydroxylation is 1. The van der Waals surface area contributed by atoms with Crippen molar-refractivity contribution in [2.45, 2.75) is 31.7 Å². The highest BCUT2D eigenvalue weighted by molar-refractivity contribution is 7.89. The first kappa shape index (κ1) is 16.1. The van der Waals surface area contributed by atoms with E-state index in [2.05, 4.69) is 14.9 Å². The zero-order valence-electron chi connectivity index (χ0n) is 11.2. The third kappa shape index (κ3) is 3.14. The lowest BCUT2D eigenvalue weighted by atomic mass is 10.1. The first-order valence-electron chi connectivity index (χ1n) is 5.67. The largest absolute Gasteiger partial charge is 0.476 e. The maximum absolute atomic E-state index is 12.2. The quantitative estimate of drug-likeness (QED) is 0.539. The van der Waals surface area contributed by atoms with Gasteiger partial charge in [-0.3, -0.25) is 9.89 Å². The maximum Gasteiger partial charge on any atom is 0.357 e. The van der Waals surface area contributed by atoms with Crippen LogP contribution in [0.4, 0.5) is 0 Å². The van der Waals surface area contributed by atoms with Crippen LogP contribution in [0.2, 0.25) is 0 Å². The second-order valence-corrected chi connectivity index (χ2v) is 6.23. The summed E-state index contributed by atoms with van der Waals surface area (Å²) in [5.41, 5.74) is 4.55. The van der Waals surface area contributed by atoms with E-state index < -0.39 is 38.5 Å². The van der Waals surface area contributed by atoms with Gasteiger partial charge in [0.05, 0.1) is 5.69 Å². The maximum atomic E-state index is 12.2. The van der Waals surface area contributed by atoms with E-state index in [9.17, 15) is 18.0 Å². The lowest BCUT2D eigenvalue weighted by molar-refractivity contribution is -0.120. The Labute approximate surface area is 115 Å². The van der Waals surface area contributed by atoms with E-state index in [0.29, 0.717) is 0 Å². The summed E-state index contributed by atoms with van der Waals surface area (Å²) in [5, 5.41) is 14.6. The summed E-state index contributed by atoms with van der Waals surface area (Å²) < 4.78 is 26.5. The summed E-state index contributed by atoms with van der Waals surface area (Å²) in [6, 6.07) is -1.14. The number of amides is 1. The average Bonchev–Trinajstić information content (AvgIpc) is 2.68. The van der Waals surface area contributed by atoms with Gasteiger partial charge in [0, 0.05) is 0 Å². The predicted molar refractivity (Wildman–Crippen MR) is 68.4 cm³/mol. The number of nitrogens with zero attached hydrogens (tertiary/aromatic N) is 1. The summed E-state index contributed by atoms with van der Waals surface area (Å²) in [6.07, 6.45) is 0. The van der Waals surface area contributed by atoms with Gasteiger partial charge in [0.1, 0.15) is 10.9 Å². The van der Waals surface area contributed by atoms with Gasteiger partial charge in [-0.15, -0.1) is 0 Å². The summed E-state index contributed by atoms with van der Waals surface area (Å²) in [7, 11) is -4.24. The molecule has 0 aliphatic carbocycles. The zero-order chi connectivity index (χ0) is 15.7. The second-order valence-electron chi connectivity index (χ2n) is 4.58. The molecule has 0 bridgehead atoms. The highest BCUT2D eigenvalue weighted by Crippen LogP contribution is 2.18. The fourth-order valence-corrected chi connectivity index (χ4v) is 3.32. The number of aromatic carboxylic acids is 1. The minimum atomic E-state index is -4.24. The topological polar surface area (TPSA) is 155 Å². The second kappa shape index (κ2) is 5.59. The molecule has 0 saturated heterocycles. The number of hydrogen-bond acceptors (Lipinski definition) is 5. The van der Waals surface area contributed by atoms with Crippen LogP contribution in [0.25, 0.3) is 0 Å². The van der Waals surface area contributed by atoms with Crippen molar-refractivity contribution in [2.24, 2.45) is 11.7 Å². The first-order valence-corrected chi connectivity index (χ1v) is 7.16. The molecule has 0 spiro atoms. The number of carboxylic acid groups (broad SMARTS) is 1. The fourth-order valence-electron chi connectivity index (χ4n) is 1.64. The van der Waals surface area contributed by atoms with Crippen molar-refractivity contribution in [1.29, 1.82) is 0 Å². The van der Waals surface area contributed by atoms with Crippen molar-refractivity contribution in [3.8, 4) is 0 Å². The van der Waals surface area contributed by atoms with Crippen molar-refractivity contribution in [3.63, 3.8) is 0 Å². The summed E-state index contributed by atoms with van der Waals surface area (Å²) in [5.74, 6) is -2.72. The van der Waals surface area contributed by atoms with Gasteiger partial charge in [-0.2, -0.15) is 9.82 Å². The first-order chi connectivity index (χ1) is 9.08. The van der Waals surface area contributed by atoms with E-state index >= 15 is 0 Å². The number of aromatic nitrogens is 2. The van der Waals surface area contributed by atoms with E-state index in [0.717, 1.165) is 0 Å². The minimum absolute atomic E-state index is 0.0573. The number of rotatable bonds is 6. The molecule has 1 aromatic rings. The number of carbonyl (C=O) groups excluding carboxylic acids is 1. The van der Waals surface area contributed by atoms with Crippen molar-refractivity contribution in [1.82, 2.24) is 14.9 Å². The van der Waals surface area contributed by atoms with Gasteiger partial charge in [0.25, 0.3) is 0 Å². The number of hydrogen-bond donors (Lipinski definition) is 4. The molecule has 0 fully saturated rings. The van der Waals surface area contributed by atoms with E-state index in [1.54, 1.807) is 13.8 Å². The highest BCUT2D eigenvalue weighted by atomic mass is 32.2. The van der Waals surface area contributed by atoms with Crippen LogP contribution in [0, 0.1) is 12.8 Å². The Hall–Kier alpha value is -1.94. The van der Waals surface area contributed by atoms with Gasteiger partial charge in [-0.05, 0) is 12.8 Å². The molecule has 9 nitrogen and oxygen atoms in total. The Morgan fingerprint density at radius 3 is 2.35 bits per heavy atom. The van der Waals surface area contributed by atoms with Gasteiger partial charge >= 0.3 is 5.97 Å². The molecule has 0 radical (unpaired) electrons. The van der Waals surface area contributed by atoms with Crippen molar-refractivity contribution in [2.75, 3.05) is 0 Å². The Kier molecular flexibility index (Phi) is 4.50. The molecule has 1 heterocycles. The SMILES string of the molecule is Cc1[nH]nc(C(=O)O)c1S(=O)(=O)NC(C(N)=O)C(C)C. The molecule has 0 aliphatic rings. The van der Waals surface area contributed by atoms with Gasteiger partial charge in [0.2, 0.25) is 15.9 Å². The highest BCUT2D eigenvalue weighted by Gasteiger charge is 2.32.